The lowest BCUT2D eigenvalue weighted by atomic mass is 10.1. The molecule has 1 rings (SSSR count). The number of ether oxygens (including phenoxy) is 1. The molecular formula is C7H15N3O2. The Morgan fingerprint density at radius 3 is 3.17 bits per heavy atom. The van der Waals surface area contributed by atoms with E-state index in [1.165, 1.54) is 0 Å². The molecule has 5 heteroatoms. The number of carbonyl (C=O) groups is 1. The topological polar surface area (TPSA) is 67.6 Å². The van der Waals surface area contributed by atoms with E-state index in [4.69, 9.17) is 10.5 Å². The molecule has 0 aromatic carbocycles. The Labute approximate surface area is 71.8 Å². The molecule has 1 aliphatic rings. The molecule has 0 radical (unpaired) electrons. The van der Waals surface area contributed by atoms with Gasteiger partial charge in [-0.2, -0.15) is 0 Å². The molecule has 1 aliphatic heterocycles. The Morgan fingerprint density at radius 1 is 1.83 bits per heavy atom. The fourth-order valence-corrected chi connectivity index (χ4v) is 1.16. The van der Waals surface area contributed by atoms with E-state index in [1.807, 2.05) is 0 Å². The Bertz CT molecular complexity index is 163. The van der Waals surface area contributed by atoms with E-state index >= 15 is 0 Å². The highest BCUT2D eigenvalue weighted by molar-refractivity contribution is 5.77. The minimum atomic E-state index is -0.0338. The predicted molar refractivity (Wildman–Crippen MR) is 44.1 cm³/mol. The van der Waals surface area contributed by atoms with Gasteiger partial charge in [-0.25, -0.2) is 5.43 Å². The quantitative estimate of drug-likeness (QED) is 0.536. The Kier molecular flexibility index (Phi) is 3.46. The summed E-state index contributed by atoms with van der Waals surface area (Å²) in [6, 6.07) is 0. The molecule has 1 saturated heterocycles. The van der Waals surface area contributed by atoms with Crippen molar-refractivity contribution in [3.8, 4) is 0 Å². The third-order valence-corrected chi connectivity index (χ3v) is 1.92. The summed E-state index contributed by atoms with van der Waals surface area (Å²) >= 11 is 0. The number of nitrogens with one attached hydrogen (secondary N) is 1. The third-order valence-electron chi connectivity index (χ3n) is 1.92. The lowest BCUT2D eigenvalue weighted by Gasteiger charge is -2.21. The van der Waals surface area contributed by atoms with Gasteiger partial charge in [0.05, 0.1) is 6.61 Å². The molecule has 0 aliphatic carbocycles. The number of amides is 1. The van der Waals surface area contributed by atoms with Crippen molar-refractivity contribution in [3.63, 3.8) is 0 Å². The van der Waals surface area contributed by atoms with Gasteiger partial charge in [0.2, 0.25) is 0 Å². The van der Waals surface area contributed by atoms with Crippen LogP contribution in [0.3, 0.4) is 0 Å². The van der Waals surface area contributed by atoms with Crippen molar-refractivity contribution in [2.75, 3.05) is 33.4 Å². The molecule has 1 amide bonds. The number of hydrogen-bond donors (Lipinski definition) is 2. The van der Waals surface area contributed by atoms with Crippen LogP contribution in [-0.4, -0.2) is 44.3 Å². The van der Waals surface area contributed by atoms with Crippen molar-refractivity contribution in [2.24, 2.45) is 11.7 Å². The number of nitrogens with two attached hydrogens (primary N) is 1. The van der Waals surface area contributed by atoms with Gasteiger partial charge < -0.3 is 10.5 Å². The first-order valence-electron chi connectivity index (χ1n) is 4.03. The maximum atomic E-state index is 11.2. The van der Waals surface area contributed by atoms with Crippen molar-refractivity contribution in [3.05, 3.63) is 0 Å². The summed E-state index contributed by atoms with van der Waals surface area (Å²) in [4.78, 5) is 11.2. The van der Waals surface area contributed by atoms with E-state index in [1.54, 1.807) is 12.1 Å². The van der Waals surface area contributed by atoms with Crippen molar-refractivity contribution >= 4 is 5.91 Å². The lowest BCUT2D eigenvalue weighted by Crippen LogP contribution is -2.44. The van der Waals surface area contributed by atoms with Crippen LogP contribution in [0.4, 0.5) is 0 Å². The molecule has 1 atom stereocenters. The summed E-state index contributed by atoms with van der Waals surface area (Å²) < 4.78 is 5.13. The zero-order chi connectivity index (χ0) is 8.97. The Balaban J connectivity index is 2.52. The largest absolute Gasteiger partial charge is 0.371 e. The first-order valence-corrected chi connectivity index (χ1v) is 4.03. The molecular weight excluding hydrogens is 158 g/mol. The standard InChI is InChI=1S/C7H15N3O2/c1-9-10-3-6(2-8)4-12-5-7(10)11/h6,9H,2-5,8H2,1H3/t6-/m1/s1. The van der Waals surface area contributed by atoms with Gasteiger partial charge in [-0.15, -0.1) is 0 Å². The summed E-state index contributed by atoms with van der Waals surface area (Å²) in [6.45, 7) is 1.90. The number of carbonyl (C=O) groups excluding carboxylic acids is 1. The molecule has 0 bridgehead atoms. The molecule has 0 saturated carbocycles. The smallest absolute Gasteiger partial charge is 0.262 e. The molecule has 0 spiro atoms. The van der Waals surface area contributed by atoms with Gasteiger partial charge in [0.1, 0.15) is 6.61 Å². The fraction of sp³-hybridized carbons (Fsp3) is 0.857. The van der Waals surface area contributed by atoms with Gasteiger partial charge in [-0.3, -0.25) is 9.80 Å². The number of hydrazine groups is 1. The monoisotopic (exact) mass is 173 g/mol. The zero-order valence-electron chi connectivity index (χ0n) is 7.25. The number of rotatable bonds is 2. The second-order valence-electron chi connectivity index (χ2n) is 2.84. The SMILES string of the molecule is CNN1C[C@@H](CN)COCC1=O. The van der Waals surface area contributed by atoms with Crippen molar-refractivity contribution in [2.45, 2.75) is 0 Å². The van der Waals surface area contributed by atoms with E-state index in [9.17, 15) is 4.79 Å². The van der Waals surface area contributed by atoms with Gasteiger partial charge >= 0.3 is 0 Å². The van der Waals surface area contributed by atoms with Crippen LogP contribution in [-0.2, 0) is 9.53 Å². The molecule has 1 heterocycles. The maximum Gasteiger partial charge on any atom is 0.262 e. The highest BCUT2D eigenvalue weighted by Gasteiger charge is 2.21. The average Bonchev–Trinajstić information content (AvgIpc) is 2.27. The Hall–Kier alpha value is -0.650. The van der Waals surface area contributed by atoms with Gasteiger partial charge in [0, 0.05) is 19.5 Å². The summed E-state index contributed by atoms with van der Waals surface area (Å²) in [5, 5.41) is 1.55. The maximum absolute atomic E-state index is 11.2. The van der Waals surface area contributed by atoms with E-state index in [0.717, 1.165) is 0 Å². The number of hydrogen-bond acceptors (Lipinski definition) is 4. The molecule has 1 fully saturated rings. The van der Waals surface area contributed by atoms with E-state index in [0.29, 0.717) is 19.7 Å². The van der Waals surface area contributed by atoms with E-state index < -0.39 is 0 Å². The average molecular weight is 173 g/mol. The first-order chi connectivity index (χ1) is 5.77. The van der Waals surface area contributed by atoms with Crippen molar-refractivity contribution in [1.29, 1.82) is 0 Å². The van der Waals surface area contributed by atoms with Gasteiger partial charge in [0.15, 0.2) is 0 Å². The summed E-state index contributed by atoms with van der Waals surface area (Å²) in [6.07, 6.45) is 0. The highest BCUT2D eigenvalue weighted by Crippen LogP contribution is 2.03. The van der Waals surface area contributed by atoms with Crippen LogP contribution in [0.1, 0.15) is 0 Å². The molecule has 3 N–H and O–H groups in total. The summed E-state index contributed by atoms with van der Waals surface area (Å²) in [7, 11) is 1.72. The second kappa shape index (κ2) is 4.39. The van der Waals surface area contributed by atoms with Crippen LogP contribution < -0.4 is 11.2 Å². The molecule has 5 nitrogen and oxygen atoms in total. The van der Waals surface area contributed by atoms with Gasteiger partial charge in [-0.1, -0.05) is 0 Å². The van der Waals surface area contributed by atoms with E-state index in [-0.39, 0.29) is 18.4 Å². The fourth-order valence-electron chi connectivity index (χ4n) is 1.16. The van der Waals surface area contributed by atoms with Gasteiger partial charge in [-0.05, 0) is 6.54 Å². The van der Waals surface area contributed by atoms with Crippen LogP contribution in [0.25, 0.3) is 0 Å². The Morgan fingerprint density at radius 2 is 2.58 bits per heavy atom. The van der Waals surface area contributed by atoms with E-state index in [2.05, 4.69) is 5.43 Å². The molecule has 0 aromatic heterocycles. The van der Waals surface area contributed by atoms with Crippen LogP contribution in [0, 0.1) is 5.92 Å². The zero-order valence-corrected chi connectivity index (χ0v) is 7.25. The van der Waals surface area contributed by atoms with Crippen LogP contribution in [0.2, 0.25) is 0 Å². The molecule has 0 aromatic rings. The molecule has 0 unspecified atom stereocenters. The summed E-state index contributed by atoms with van der Waals surface area (Å²) in [5.41, 5.74) is 8.30. The van der Waals surface area contributed by atoms with Crippen LogP contribution in [0.15, 0.2) is 0 Å². The molecule has 12 heavy (non-hydrogen) atoms. The van der Waals surface area contributed by atoms with Crippen molar-refractivity contribution in [1.82, 2.24) is 10.4 Å². The van der Waals surface area contributed by atoms with Crippen molar-refractivity contribution < 1.29 is 9.53 Å². The summed E-state index contributed by atoms with van der Waals surface area (Å²) in [5.74, 6) is 0.206. The van der Waals surface area contributed by atoms with Crippen LogP contribution in [0.5, 0.6) is 0 Å². The first kappa shape index (κ1) is 9.44. The predicted octanol–water partition coefficient (Wildman–Crippen LogP) is -1.45. The lowest BCUT2D eigenvalue weighted by molar-refractivity contribution is -0.136. The second-order valence-corrected chi connectivity index (χ2v) is 2.84. The van der Waals surface area contributed by atoms with Crippen LogP contribution >= 0.6 is 0 Å². The normalized spacial score (nSPS) is 25.7. The minimum Gasteiger partial charge on any atom is -0.371 e. The highest BCUT2D eigenvalue weighted by atomic mass is 16.5. The number of nitrogens with zero attached hydrogens (tertiary/aromatic N) is 1. The molecule has 70 valence electrons. The van der Waals surface area contributed by atoms with Gasteiger partial charge in [0.25, 0.3) is 5.91 Å². The third kappa shape index (κ3) is 2.17. The minimum absolute atomic E-state index is 0.0338.